The Kier molecular flexibility index (Phi) is 39.1. The summed E-state index contributed by atoms with van der Waals surface area (Å²) in [6, 6.07) is 0. The van der Waals surface area contributed by atoms with E-state index in [0.717, 1.165) is 38.5 Å². The fourth-order valence-corrected chi connectivity index (χ4v) is 9.08. The molecule has 0 amide bonds. The van der Waals surface area contributed by atoms with Crippen LogP contribution in [0.5, 0.6) is 0 Å². The third-order valence-corrected chi connectivity index (χ3v) is 13.7. The summed E-state index contributed by atoms with van der Waals surface area (Å²) in [5.41, 5.74) is 0. The van der Waals surface area contributed by atoms with Crippen LogP contribution < -0.4 is 0 Å². The molecule has 0 bridgehead atoms. The highest BCUT2D eigenvalue weighted by Gasteiger charge is 2.47. The lowest BCUT2D eigenvalue weighted by Gasteiger charge is -2.42. The molecule has 2 fully saturated rings. The Hall–Kier alpha value is -1.76. The third kappa shape index (κ3) is 29.8. The van der Waals surface area contributed by atoms with Gasteiger partial charge in [-0.1, -0.05) is 199 Å². The molecule has 2 aliphatic rings. The summed E-state index contributed by atoms with van der Waals surface area (Å²) < 4.78 is 33.7. The number of aliphatic hydroxyl groups is 7. The first-order valence-corrected chi connectivity index (χ1v) is 28.3. The van der Waals surface area contributed by atoms with Gasteiger partial charge in [-0.3, -0.25) is 9.59 Å². The Morgan fingerprint density at radius 2 is 0.829 bits per heavy atom. The highest BCUT2D eigenvalue weighted by atomic mass is 16.7. The van der Waals surface area contributed by atoms with Crippen molar-refractivity contribution in [3.05, 3.63) is 12.2 Å². The predicted octanol–water partition coefficient (Wildman–Crippen LogP) is 8.94. The highest BCUT2D eigenvalue weighted by molar-refractivity contribution is 5.70. The molecule has 70 heavy (non-hydrogen) atoms. The molecule has 0 aromatic carbocycles. The van der Waals surface area contributed by atoms with E-state index in [2.05, 4.69) is 26.0 Å². The fourth-order valence-electron chi connectivity index (χ4n) is 9.08. The fraction of sp³-hybridized carbons (Fsp3) is 0.927. The van der Waals surface area contributed by atoms with E-state index in [1.54, 1.807) is 0 Å². The van der Waals surface area contributed by atoms with Crippen LogP contribution in [0.3, 0.4) is 0 Å². The smallest absolute Gasteiger partial charge is 0.306 e. The molecule has 11 atom stereocenters. The highest BCUT2D eigenvalue weighted by Crippen LogP contribution is 2.27. The standard InChI is InChI=1S/C55H102O15/c1-3-5-7-9-11-13-15-17-19-20-21-22-24-26-28-30-32-34-36-38-47(58)68-43(40-65-46(57)37-35-33-31-29-27-25-23-18-16-14-12-10-8-6-4-2)41-66-54-53(64)51(62)49(60)45(70-54)42-67-55-52(63)50(61)48(59)44(39-56)69-55/h10,12,43-45,48-56,59-64H,3-9,11,13-42H2,1-2H3/b12-10+/t43-,44+,45+,48-,49-,50?,51?,52?,53?,54+,55+/m1/s1. The Morgan fingerprint density at radius 3 is 1.30 bits per heavy atom. The molecule has 412 valence electrons. The Morgan fingerprint density at radius 1 is 0.443 bits per heavy atom. The zero-order chi connectivity index (χ0) is 51.0. The van der Waals surface area contributed by atoms with E-state index in [4.69, 9.17) is 28.4 Å². The quantitative estimate of drug-likeness (QED) is 0.0172. The van der Waals surface area contributed by atoms with Crippen LogP contribution in [-0.2, 0) is 38.0 Å². The number of ether oxygens (including phenoxy) is 6. The minimum atomic E-state index is -1.76. The van der Waals surface area contributed by atoms with Crippen LogP contribution in [0.25, 0.3) is 0 Å². The summed E-state index contributed by atoms with van der Waals surface area (Å²) in [6.07, 6.45) is 26.6. The molecule has 2 aliphatic heterocycles. The lowest BCUT2D eigenvalue weighted by molar-refractivity contribution is -0.332. The first-order chi connectivity index (χ1) is 34.0. The van der Waals surface area contributed by atoms with E-state index < -0.39 is 92.7 Å². The van der Waals surface area contributed by atoms with Gasteiger partial charge in [-0.2, -0.15) is 0 Å². The molecular formula is C55H102O15. The topological polar surface area (TPSA) is 231 Å². The molecule has 0 radical (unpaired) electrons. The van der Waals surface area contributed by atoms with Crippen LogP contribution in [0.1, 0.15) is 232 Å². The van der Waals surface area contributed by atoms with Crippen molar-refractivity contribution < 1.29 is 73.8 Å². The second-order valence-corrected chi connectivity index (χ2v) is 20.1. The van der Waals surface area contributed by atoms with Gasteiger partial charge in [0.15, 0.2) is 18.7 Å². The maximum absolute atomic E-state index is 13.0. The Labute approximate surface area is 422 Å². The number of carbonyl (C=O) groups excluding carboxylic acids is 2. The average Bonchev–Trinajstić information content (AvgIpc) is 3.35. The summed E-state index contributed by atoms with van der Waals surface area (Å²) in [6.45, 7) is 2.60. The van der Waals surface area contributed by atoms with Crippen LogP contribution >= 0.6 is 0 Å². The number of carbonyl (C=O) groups is 2. The van der Waals surface area contributed by atoms with Gasteiger partial charge in [0.05, 0.1) is 19.8 Å². The van der Waals surface area contributed by atoms with E-state index >= 15 is 0 Å². The maximum atomic E-state index is 13.0. The SMILES string of the molecule is CCCC/C=C/CCCCCCCCCCCC(=O)OC[C@H](CO[C@H]1O[C@@H](CO[C@H]2O[C@@H](CO)[C@@H](O)C(O)C2O)[C@@H](O)C(O)C1O)OC(=O)CCCCCCCCCCCCCCCCCCCCC. The second kappa shape index (κ2) is 42.6. The van der Waals surface area contributed by atoms with E-state index in [-0.39, 0.29) is 26.1 Å². The van der Waals surface area contributed by atoms with Crippen LogP contribution in [0.15, 0.2) is 12.2 Å². The summed E-state index contributed by atoms with van der Waals surface area (Å²) in [5.74, 6) is -0.913. The van der Waals surface area contributed by atoms with Gasteiger partial charge in [0.25, 0.3) is 0 Å². The zero-order valence-electron chi connectivity index (χ0n) is 43.8. The number of esters is 2. The lowest BCUT2D eigenvalue weighted by atomic mass is 9.98. The molecule has 2 saturated heterocycles. The van der Waals surface area contributed by atoms with E-state index in [1.807, 2.05) is 0 Å². The predicted molar refractivity (Wildman–Crippen MR) is 271 cm³/mol. The number of aliphatic hydroxyl groups excluding tert-OH is 7. The molecule has 0 spiro atoms. The molecule has 0 saturated carbocycles. The molecule has 0 aliphatic carbocycles. The number of rotatable bonds is 45. The molecular weight excluding hydrogens is 901 g/mol. The lowest BCUT2D eigenvalue weighted by Crippen LogP contribution is -2.61. The number of hydrogen-bond donors (Lipinski definition) is 7. The van der Waals surface area contributed by atoms with Crippen LogP contribution in [0.2, 0.25) is 0 Å². The molecule has 15 nitrogen and oxygen atoms in total. The van der Waals surface area contributed by atoms with Crippen molar-refractivity contribution >= 4 is 11.9 Å². The second-order valence-electron chi connectivity index (χ2n) is 20.1. The van der Waals surface area contributed by atoms with Crippen molar-refractivity contribution in [3.63, 3.8) is 0 Å². The van der Waals surface area contributed by atoms with E-state index in [0.29, 0.717) is 12.8 Å². The van der Waals surface area contributed by atoms with Crippen LogP contribution in [0, 0.1) is 0 Å². The molecule has 2 rings (SSSR count). The molecule has 7 N–H and O–H groups in total. The van der Waals surface area contributed by atoms with Gasteiger partial charge in [-0.15, -0.1) is 0 Å². The Balaban J connectivity index is 1.76. The normalized spacial score (nSPS) is 25.4. The molecule has 0 aromatic rings. The van der Waals surface area contributed by atoms with Gasteiger partial charge in [0.2, 0.25) is 0 Å². The van der Waals surface area contributed by atoms with Crippen LogP contribution in [0.4, 0.5) is 0 Å². The van der Waals surface area contributed by atoms with Crippen molar-refractivity contribution in [3.8, 4) is 0 Å². The average molecular weight is 1000 g/mol. The monoisotopic (exact) mass is 1000 g/mol. The van der Waals surface area contributed by atoms with Crippen molar-refractivity contribution in [2.45, 2.75) is 300 Å². The summed E-state index contributed by atoms with van der Waals surface area (Å²) in [4.78, 5) is 25.8. The molecule has 0 aromatic heterocycles. The zero-order valence-corrected chi connectivity index (χ0v) is 43.8. The van der Waals surface area contributed by atoms with Crippen LogP contribution in [-0.4, -0.2) is 142 Å². The molecule has 4 unspecified atom stereocenters. The van der Waals surface area contributed by atoms with Gasteiger partial charge in [0, 0.05) is 12.8 Å². The van der Waals surface area contributed by atoms with Crippen molar-refractivity contribution in [1.29, 1.82) is 0 Å². The van der Waals surface area contributed by atoms with Gasteiger partial charge in [0.1, 0.15) is 55.4 Å². The van der Waals surface area contributed by atoms with E-state index in [1.165, 1.54) is 154 Å². The van der Waals surface area contributed by atoms with Crippen molar-refractivity contribution in [2.24, 2.45) is 0 Å². The van der Waals surface area contributed by atoms with Gasteiger partial charge in [-0.05, 0) is 32.1 Å². The first-order valence-electron chi connectivity index (χ1n) is 28.3. The number of hydrogen-bond acceptors (Lipinski definition) is 15. The third-order valence-electron chi connectivity index (χ3n) is 13.7. The maximum Gasteiger partial charge on any atom is 0.306 e. The van der Waals surface area contributed by atoms with Gasteiger partial charge >= 0.3 is 11.9 Å². The van der Waals surface area contributed by atoms with E-state index in [9.17, 15) is 45.3 Å². The molecule has 15 heteroatoms. The molecule has 2 heterocycles. The Bertz CT molecular complexity index is 1270. The number of allylic oxidation sites excluding steroid dienone is 2. The summed E-state index contributed by atoms with van der Waals surface area (Å²) in [5, 5.41) is 72.2. The summed E-state index contributed by atoms with van der Waals surface area (Å²) >= 11 is 0. The van der Waals surface area contributed by atoms with Gasteiger partial charge in [-0.25, -0.2) is 0 Å². The number of unbranched alkanes of at least 4 members (excludes halogenated alkanes) is 29. The first kappa shape index (κ1) is 64.4. The van der Waals surface area contributed by atoms with Gasteiger partial charge < -0.3 is 64.2 Å². The summed E-state index contributed by atoms with van der Waals surface area (Å²) in [7, 11) is 0. The largest absolute Gasteiger partial charge is 0.462 e. The van der Waals surface area contributed by atoms with Crippen molar-refractivity contribution in [2.75, 3.05) is 26.4 Å². The minimum absolute atomic E-state index is 0.171. The van der Waals surface area contributed by atoms with Crippen molar-refractivity contribution in [1.82, 2.24) is 0 Å². The minimum Gasteiger partial charge on any atom is -0.462 e.